The van der Waals surface area contributed by atoms with Crippen LogP contribution in [0.3, 0.4) is 0 Å². The molecule has 0 saturated heterocycles. The van der Waals surface area contributed by atoms with Crippen LogP contribution in [0.5, 0.6) is 5.75 Å². The molecular formula is C11H11NO3. The number of hydrogen-bond acceptors (Lipinski definition) is 3. The lowest BCUT2D eigenvalue weighted by Crippen LogP contribution is -2.16. The molecule has 2 rings (SSSR count). The van der Waals surface area contributed by atoms with Crippen LogP contribution >= 0.6 is 0 Å². The minimum Gasteiger partial charge on any atom is -0.492 e. The number of benzene rings is 1. The number of ether oxygens (including phenoxy) is 1. The fraction of sp³-hybridized carbons (Fsp3) is 0.273. The maximum atomic E-state index is 11.5. The number of hydrogen-bond donors (Lipinski definition) is 1. The monoisotopic (exact) mass is 205 g/mol. The van der Waals surface area contributed by atoms with Crippen molar-refractivity contribution in [3.8, 4) is 5.75 Å². The van der Waals surface area contributed by atoms with Gasteiger partial charge in [-0.2, -0.15) is 0 Å². The van der Waals surface area contributed by atoms with E-state index in [-0.39, 0.29) is 11.7 Å². The van der Waals surface area contributed by atoms with E-state index in [1.165, 1.54) is 6.92 Å². The van der Waals surface area contributed by atoms with Crippen molar-refractivity contribution in [1.82, 2.24) is 0 Å². The summed E-state index contributed by atoms with van der Waals surface area (Å²) in [5.41, 5.74) is 1.17. The molecular weight excluding hydrogens is 194 g/mol. The number of Topliss-reactive ketones (excluding diaryl/α,β-unsaturated/α-hetero) is 1. The molecule has 1 amide bonds. The van der Waals surface area contributed by atoms with Gasteiger partial charge in [0.2, 0.25) is 5.91 Å². The van der Waals surface area contributed by atoms with Crippen LogP contribution in [0.4, 0.5) is 5.69 Å². The molecule has 15 heavy (non-hydrogen) atoms. The molecule has 0 bridgehead atoms. The fourth-order valence-corrected chi connectivity index (χ4v) is 1.54. The van der Waals surface area contributed by atoms with Crippen LogP contribution in [0.2, 0.25) is 0 Å². The van der Waals surface area contributed by atoms with Gasteiger partial charge in [0.25, 0.3) is 0 Å². The Labute approximate surface area is 87.2 Å². The second-order valence-corrected chi connectivity index (χ2v) is 3.41. The van der Waals surface area contributed by atoms with Crippen molar-refractivity contribution in [2.75, 3.05) is 11.9 Å². The first-order chi connectivity index (χ1) is 7.16. The first kappa shape index (κ1) is 9.71. The summed E-state index contributed by atoms with van der Waals surface area (Å²) < 4.78 is 5.32. The summed E-state index contributed by atoms with van der Waals surface area (Å²) in [7, 11) is 0. The van der Waals surface area contributed by atoms with E-state index < -0.39 is 0 Å². The van der Waals surface area contributed by atoms with Gasteiger partial charge in [0.15, 0.2) is 5.78 Å². The Hall–Kier alpha value is -1.84. The second-order valence-electron chi connectivity index (χ2n) is 3.41. The zero-order valence-electron chi connectivity index (χ0n) is 8.37. The highest BCUT2D eigenvalue weighted by Crippen LogP contribution is 2.27. The third kappa shape index (κ3) is 1.98. The van der Waals surface area contributed by atoms with Gasteiger partial charge in [-0.1, -0.05) is 0 Å². The van der Waals surface area contributed by atoms with Gasteiger partial charge in [-0.15, -0.1) is 0 Å². The zero-order chi connectivity index (χ0) is 10.8. The van der Waals surface area contributed by atoms with Crippen LogP contribution in [-0.4, -0.2) is 18.3 Å². The number of amides is 1. The van der Waals surface area contributed by atoms with Gasteiger partial charge in [-0.25, -0.2) is 0 Å². The number of anilines is 1. The van der Waals surface area contributed by atoms with Crippen molar-refractivity contribution in [2.45, 2.75) is 13.3 Å². The van der Waals surface area contributed by atoms with Crippen molar-refractivity contribution < 1.29 is 14.3 Å². The van der Waals surface area contributed by atoms with Gasteiger partial charge in [0.1, 0.15) is 5.75 Å². The van der Waals surface area contributed by atoms with E-state index in [4.69, 9.17) is 4.74 Å². The minimum absolute atomic E-state index is 0.0588. The Balaban J connectivity index is 2.35. The normalized spacial score (nSPS) is 14.1. The van der Waals surface area contributed by atoms with E-state index >= 15 is 0 Å². The number of ketones is 1. The third-order valence-electron chi connectivity index (χ3n) is 2.19. The van der Waals surface area contributed by atoms with Crippen LogP contribution in [0, 0.1) is 0 Å². The van der Waals surface area contributed by atoms with Gasteiger partial charge in [0.05, 0.1) is 12.2 Å². The molecule has 1 aliphatic heterocycles. The lowest BCUT2D eigenvalue weighted by atomic mass is 10.0. The molecule has 1 aliphatic rings. The van der Waals surface area contributed by atoms with Crippen molar-refractivity contribution in [1.29, 1.82) is 0 Å². The zero-order valence-corrected chi connectivity index (χ0v) is 8.37. The summed E-state index contributed by atoms with van der Waals surface area (Å²) in [4.78, 5) is 22.4. The Morgan fingerprint density at radius 2 is 2.27 bits per heavy atom. The average molecular weight is 205 g/mol. The first-order valence-electron chi connectivity index (χ1n) is 4.74. The minimum atomic E-state index is -0.154. The number of carbonyl (C=O) groups excluding carboxylic acids is 2. The molecule has 1 heterocycles. The summed E-state index contributed by atoms with van der Waals surface area (Å²) in [6.07, 6.45) is 0.399. The molecule has 4 heteroatoms. The quantitative estimate of drug-likeness (QED) is 0.757. The predicted molar refractivity (Wildman–Crippen MR) is 55.2 cm³/mol. The van der Waals surface area contributed by atoms with Gasteiger partial charge in [-0.05, 0) is 18.2 Å². The summed E-state index contributed by atoms with van der Waals surface area (Å²) in [6.45, 7) is 1.86. The largest absolute Gasteiger partial charge is 0.492 e. The lowest BCUT2D eigenvalue weighted by Gasteiger charge is -2.16. The highest BCUT2D eigenvalue weighted by atomic mass is 16.5. The predicted octanol–water partition coefficient (Wildman–Crippen LogP) is 1.61. The molecule has 0 saturated carbocycles. The molecule has 78 valence electrons. The second kappa shape index (κ2) is 3.73. The number of fused-ring (bicyclic) bond motifs is 1. The number of rotatable bonds is 1. The topological polar surface area (TPSA) is 55.4 Å². The number of nitrogens with one attached hydrogen (secondary N) is 1. The molecule has 0 atom stereocenters. The Bertz CT molecular complexity index is 426. The van der Waals surface area contributed by atoms with Crippen LogP contribution in [0.1, 0.15) is 23.7 Å². The molecule has 0 spiro atoms. The van der Waals surface area contributed by atoms with Gasteiger partial charge < -0.3 is 10.1 Å². The fourth-order valence-electron chi connectivity index (χ4n) is 1.54. The van der Waals surface area contributed by atoms with Crippen molar-refractivity contribution in [3.05, 3.63) is 23.8 Å². The summed E-state index contributed by atoms with van der Waals surface area (Å²) >= 11 is 0. The van der Waals surface area contributed by atoms with E-state index in [9.17, 15) is 9.59 Å². The molecule has 4 nitrogen and oxygen atoms in total. The first-order valence-corrected chi connectivity index (χ1v) is 4.74. The van der Waals surface area contributed by atoms with E-state index in [2.05, 4.69) is 5.32 Å². The van der Waals surface area contributed by atoms with Crippen LogP contribution < -0.4 is 10.1 Å². The SMILES string of the molecule is CC(=O)Nc1ccc2c(c1)C(=O)CCO2. The average Bonchev–Trinajstić information content (AvgIpc) is 2.18. The molecule has 0 fully saturated rings. The standard InChI is InChI=1S/C11H11NO3/c1-7(13)12-8-2-3-11-9(6-8)10(14)4-5-15-11/h2-3,6H,4-5H2,1H3,(H,12,13). The van der Waals surface area contributed by atoms with Crippen molar-refractivity contribution in [3.63, 3.8) is 0 Å². The van der Waals surface area contributed by atoms with Crippen molar-refractivity contribution >= 4 is 17.4 Å². The van der Waals surface area contributed by atoms with Gasteiger partial charge in [0, 0.05) is 19.0 Å². The van der Waals surface area contributed by atoms with E-state index in [1.807, 2.05) is 0 Å². The maximum Gasteiger partial charge on any atom is 0.221 e. The molecule has 0 aliphatic carbocycles. The van der Waals surface area contributed by atoms with Crippen LogP contribution in [-0.2, 0) is 4.79 Å². The molecule has 1 aromatic carbocycles. The Morgan fingerprint density at radius 3 is 3.00 bits per heavy atom. The van der Waals surface area contributed by atoms with Gasteiger partial charge in [-0.3, -0.25) is 9.59 Å². The van der Waals surface area contributed by atoms with E-state index in [0.29, 0.717) is 30.0 Å². The Kier molecular flexibility index (Phi) is 2.41. The number of carbonyl (C=O) groups is 2. The lowest BCUT2D eigenvalue weighted by molar-refractivity contribution is -0.114. The summed E-state index contributed by atoms with van der Waals surface area (Å²) in [5.74, 6) is 0.503. The molecule has 0 aromatic heterocycles. The third-order valence-corrected chi connectivity index (χ3v) is 2.19. The molecule has 1 N–H and O–H groups in total. The maximum absolute atomic E-state index is 11.5. The highest BCUT2D eigenvalue weighted by molar-refractivity contribution is 6.01. The summed E-state index contributed by atoms with van der Waals surface area (Å²) in [6, 6.07) is 5.08. The Morgan fingerprint density at radius 1 is 1.47 bits per heavy atom. The highest BCUT2D eigenvalue weighted by Gasteiger charge is 2.18. The van der Waals surface area contributed by atoms with Crippen molar-refractivity contribution in [2.24, 2.45) is 0 Å². The van der Waals surface area contributed by atoms with E-state index in [1.54, 1.807) is 18.2 Å². The van der Waals surface area contributed by atoms with Gasteiger partial charge >= 0.3 is 0 Å². The van der Waals surface area contributed by atoms with E-state index in [0.717, 1.165) is 0 Å². The summed E-state index contributed by atoms with van der Waals surface area (Å²) in [5, 5.41) is 2.63. The molecule has 1 aromatic rings. The van der Waals surface area contributed by atoms with Crippen LogP contribution in [0.15, 0.2) is 18.2 Å². The molecule has 0 radical (unpaired) electrons. The molecule has 0 unspecified atom stereocenters. The smallest absolute Gasteiger partial charge is 0.221 e. The van der Waals surface area contributed by atoms with Crippen LogP contribution in [0.25, 0.3) is 0 Å².